The molecule has 0 saturated carbocycles. The number of rotatable bonds is 2. The van der Waals surface area contributed by atoms with Gasteiger partial charge in [-0.05, 0) is 26.2 Å². The number of H-pyrrole nitrogens is 1. The van der Waals surface area contributed by atoms with Crippen LogP contribution in [0, 0.1) is 6.92 Å². The van der Waals surface area contributed by atoms with Gasteiger partial charge in [-0.2, -0.15) is 0 Å². The van der Waals surface area contributed by atoms with Gasteiger partial charge < -0.3 is 10.3 Å². The largest absolute Gasteiger partial charge is 0.342 e. The molecule has 0 radical (unpaired) electrons. The Kier molecular flexibility index (Phi) is 2.87. The first-order valence-electron chi connectivity index (χ1n) is 5.99. The van der Waals surface area contributed by atoms with Crippen molar-refractivity contribution in [3.63, 3.8) is 0 Å². The SMILES string of the molecule is Cc1nc2c(s1)CCCC2NC(=O)c1cnc[nH]1. The molecule has 6 heteroatoms. The maximum absolute atomic E-state index is 12.0. The van der Waals surface area contributed by atoms with Gasteiger partial charge in [0, 0.05) is 4.88 Å². The number of carbonyl (C=O) groups excluding carboxylic acids is 1. The lowest BCUT2D eigenvalue weighted by Gasteiger charge is -2.21. The molecular formula is C12H14N4OS. The van der Waals surface area contributed by atoms with Crippen molar-refractivity contribution in [2.75, 3.05) is 0 Å². The van der Waals surface area contributed by atoms with Gasteiger partial charge in [0.25, 0.3) is 5.91 Å². The zero-order valence-electron chi connectivity index (χ0n) is 10.1. The summed E-state index contributed by atoms with van der Waals surface area (Å²) in [7, 11) is 0. The van der Waals surface area contributed by atoms with Crippen LogP contribution >= 0.6 is 11.3 Å². The summed E-state index contributed by atoms with van der Waals surface area (Å²) in [6.45, 7) is 2.01. The van der Waals surface area contributed by atoms with Crippen molar-refractivity contribution in [1.29, 1.82) is 0 Å². The Morgan fingerprint density at radius 3 is 3.28 bits per heavy atom. The second kappa shape index (κ2) is 4.53. The van der Waals surface area contributed by atoms with E-state index in [1.807, 2.05) is 6.92 Å². The first-order chi connectivity index (χ1) is 8.74. The third-order valence-electron chi connectivity index (χ3n) is 3.11. The number of fused-ring (bicyclic) bond motifs is 1. The molecule has 2 N–H and O–H groups in total. The van der Waals surface area contributed by atoms with Crippen LogP contribution < -0.4 is 5.32 Å². The molecule has 2 heterocycles. The predicted octanol–water partition coefficient (Wildman–Crippen LogP) is 1.98. The van der Waals surface area contributed by atoms with Crippen LogP contribution in [-0.4, -0.2) is 20.9 Å². The average molecular weight is 262 g/mol. The lowest BCUT2D eigenvalue weighted by atomic mass is 9.97. The molecule has 3 rings (SSSR count). The van der Waals surface area contributed by atoms with E-state index in [4.69, 9.17) is 0 Å². The van der Waals surface area contributed by atoms with E-state index in [2.05, 4.69) is 20.3 Å². The van der Waals surface area contributed by atoms with E-state index in [1.165, 1.54) is 17.4 Å². The Hall–Kier alpha value is -1.69. The quantitative estimate of drug-likeness (QED) is 0.869. The Bertz CT molecular complexity index is 561. The van der Waals surface area contributed by atoms with Crippen LogP contribution in [-0.2, 0) is 6.42 Å². The fourth-order valence-electron chi connectivity index (χ4n) is 2.30. The Morgan fingerprint density at radius 2 is 2.50 bits per heavy atom. The molecule has 1 atom stereocenters. The van der Waals surface area contributed by atoms with Crippen molar-refractivity contribution >= 4 is 17.2 Å². The molecule has 94 valence electrons. The van der Waals surface area contributed by atoms with Gasteiger partial charge in [0.2, 0.25) is 0 Å². The first kappa shape index (κ1) is 11.4. The van der Waals surface area contributed by atoms with Gasteiger partial charge in [-0.1, -0.05) is 0 Å². The molecule has 0 spiro atoms. The van der Waals surface area contributed by atoms with Crippen molar-refractivity contribution in [3.8, 4) is 0 Å². The van der Waals surface area contributed by atoms with Crippen molar-refractivity contribution in [2.24, 2.45) is 0 Å². The van der Waals surface area contributed by atoms with Crippen LogP contribution in [0.1, 0.15) is 45.0 Å². The number of nitrogens with one attached hydrogen (secondary N) is 2. The highest BCUT2D eigenvalue weighted by molar-refractivity contribution is 7.11. The number of thiazole rings is 1. The number of aromatic amines is 1. The van der Waals surface area contributed by atoms with Crippen molar-refractivity contribution in [2.45, 2.75) is 32.2 Å². The van der Waals surface area contributed by atoms with E-state index < -0.39 is 0 Å². The van der Waals surface area contributed by atoms with Gasteiger partial charge in [0.15, 0.2) is 0 Å². The maximum atomic E-state index is 12.0. The smallest absolute Gasteiger partial charge is 0.269 e. The highest BCUT2D eigenvalue weighted by Gasteiger charge is 2.25. The van der Waals surface area contributed by atoms with Gasteiger partial charge in [-0.25, -0.2) is 9.97 Å². The van der Waals surface area contributed by atoms with E-state index in [0.29, 0.717) is 5.69 Å². The Balaban J connectivity index is 1.80. The molecule has 2 aromatic rings. The van der Waals surface area contributed by atoms with E-state index in [1.54, 1.807) is 11.3 Å². The lowest BCUT2D eigenvalue weighted by molar-refractivity contribution is 0.0927. The van der Waals surface area contributed by atoms with Crippen LogP contribution in [0.2, 0.25) is 0 Å². The number of hydrogen-bond donors (Lipinski definition) is 2. The zero-order valence-corrected chi connectivity index (χ0v) is 10.9. The number of imidazole rings is 1. The predicted molar refractivity (Wildman–Crippen MR) is 68.6 cm³/mol. The van der Waals surface area contributed by atoms with Gasteiger partial charge in [0.1, 0.15) is 5.69 Å². The summed E-state index contributed by atoms with van der Waals surface area (Å²) in [4.78, 5) is 24.5. The van der Waals surface area contributed by atoms with Crippen LogP contribution in [0.5, 0.6) is 0 Å². The third-order valence-corrected chi connectivity index (χ3v) is 4.16. The fourth-order valence-corrected chi connectivity index (χ4v) is 3.34. The molecule has 0 fully saturated rings. The highest BCUT2D eigenvalue weighted by atomic mass is 32.1. The second-order valence-electron chi connectivity index (χ2n) is 4.42. The summed E-state index contributed by atoms with van der Waals surface area (Å²) in [6.07, 6.45) is 6.18. The molecule has 2 aromatic heterocycles. The summed E-state index contributed by atoms with van der Waals surface area (Å²) in [5.74, 6) is -0.115. The Labute approximate surface area is 109 Å². The fraction of sp³-hybridized carbons (Fsp3) is 0.417. The number of nitrogens with zero attached hydrogens (tertiary/aromatic N) is 2. The maximum Gasteiger partial charge on any atom is 0.269 e. The van der Waals surface area contributed by atoms with Crippen molar-refractivity contribution in [3.05, 3.63) is 33.8 Å². The minimum Gasteiger partial charge on any atom is -0.342 e. The lowest BCUT2D eigenvalue weighted by Crippen LogP contribution is -2.31. The third kappa shape index (κ3) is 2.03. The number of hydrogen-bond acceptors (Lipinski definition) is 4. The first-order valence-corrected chi connectivity index (χ1v) is 6.81. The summed E-state index contributed by atoms with van der Waals surface area (Å²) >= 11 is 1.74. The number of amides is 1. The standard InChI is InChI=1S/C12H14N4OS/c1-7-15-11-8(3-2-4-10(11)18-7)16-12(17)9-5-13-6-14-9/h5-6,8H,2-4H2,1H3,(H,13,14)(H,16,17). The van der Waals surface area contributed by atoms with E-state index in [9.17, 15) is 4.79 Å². The summed E-state index contributed by atoms with van der Waals surface area (Å²) in [6, 6.07) is 0.0366. The number of aryl methyl sites for hydroxylation is 2. The van der Waals surface area contributed by atoms with Gasteiger partial charge in [-0.3, -0.25) is 4.79 Å². The molecule has 0 saturated heterocycles. The minimum atomic E-state index is -0.115. The molecule has 1 aliphatic carbocycles. The monoisotopic (exact) mass is 262 g/mol. The van der Waals surface area contributed by atoms with Crippen LogP contribution in [0.15, 0.2) is 12.5 Å². The molecular weight excluding hydrogens is 248 g/mol. The summed E-state index contributed by atoms with van der Waals surface area (Å²) < 4.78 is 0. The number of aromatic nitrogens is 3. The molecule has 1 unspecified atom stereocenters. The van der Waals surface area contributed by atoms with E-state index in [0.717, 1.165) is 30.0 Å². The van der Waals surface area contributed by atoms with Gasteiger partial charge >= 0.3 is 0 Å². The molecule has 5 nitrogen and oxygen atoms in total. The molecule has 1 amide bonds. The zero-order chi connectivity index (χ0) is 12.5. The second-order valence-corrected chi connectivity index (χ2v) is 5.71. The molecule has 18 heavy (non-hydrogen) atoms. The highest BCUT2D eigenvalue weighted by Crippen LogP contribution is 2.33. The molecule has 1 aliphatic rings. The normalized spacial score (nSPS) is 18.4. The molecule has 0 aromatic carbocycles. The summed E-state index contributed by atoms with van der Waals surface area (Å²) in [5.41, 5.74) is 1.55. The van der Waals surface area contributed by atoms with Gasteiger partial charge in [0.05, 0.1) is 29.3 Å². The summed E-state index contributed by atoms with van der Waals surface area (Å²) in [5, 5.41) is 4.10. The molecule has 0 bridgehead atoms. The average Bonchev–Trinajstić information content (AvgIpc) is 2.96. The topological polar surface area (TPSA) is 70.7 Å². The minimum absolute atomic E-state index is 0.0366. The van der Waals surface area contributed by atoms with Gasteiger partial charge in [-0.15, -0.1) is 11.3 Å². The number of carbonyl (C=O) groups is 1. The van der Waals surface area contributed by atoms with Crippen LogP contribution in [0.3, 0.4) is 0 Å². The molecule has 0 aliphatic heterocycles. The van der Waals surface area contributed by atoms with Crippen LogP contribution in [0.25, 0.3) is 0 Å². The van der Waals surface area contributed by atoms with Crippen LogP contribution in [0.4, 0.5) is 0 Å². The Morgan fingerprint density at radius 1 is 1.61 bits per heavy atom. The van der Waals surface area contributed by atoms with Crippen molar-refractivity contribution in [1.82, 2.24) is 20.3 Å². The van der Waals surface area contributed by atoms with E-state index >= 15 is 0 Å². The van der Waals surface area contributed by atoms with Crippen molar-refractivity contribution < 1.29 is 4.79 Å². The van der Waals surface area contributed by atoms with E-state index in [-0.39, 0.29) is 11.9 Å².